The summed E-state index contributed by atoms with van der Waals surface area (Å²) < 4.78 is 29.6. The molecule has 0 bridgehead atoms. The van der Waals surface area contributed by atoms with Gasteiger partial charge in [0.15, 0.2) is 5.56 Å². The van der Waals surface area contributed by atoms with E-state index >= 15 is 0 Å². The zero-order valence-electron chi connectivity index (χ0n) is 20.1. The number of carbonyl (C=O) groups is 2. The number of aromatic nitrogens is 3. The van der Waals surface area contributed by atoms with Crippen molar-refractivity contribution >= 4 is 23.5 Å². The number of aromatic hydroxyl groups is 1. The van der Waals surface area contributed by atoms with E-state index in [0.717, 1.165) is 24.3 Å². The smallest absolute Gasteiger partial charge is 0.291 e. The molecule has 0 atom stereocenters. The first-order valence-electron chi connectivity index (χ1n) is 12.0. The van der Waals surface area contributed by atoms with Crippen LogP contribution >= 0.6 is 0 Å². The number of amides is 2. The van der Waals surface area contributed by atoms with E-state index in [2.05, 4.69) is 10.4 Å². The Hall–Kier alpha value is -3.24. The summed E-state index contributed by atoms with van der Waals surface area (Å²) in [4.78, 5) is 39.9. The van der Waals surface area contributed by atoms with Gasteiger partial charge in [-0.3, -0.25) is 19.0 Å². The van der Waals surface area contributed by atoms with Crippen LogP contribution in [0.25, 0.3) is 11.7 Å². The third-order valence-corrected chi connectivity index (χ3v) is 6.53. The Bertz CT molecular complexity index is 1220. The third kappa shape index (κ3) is 5.23. The maximum Gasteiger partial charge on any atom is 0.291 e. The number of hydrogen-bond donors (Lipinski definition) is 2. The van der Waals surface area contributed by atoms with E-state index in [9.17, 15) is 28.3 Å². The summed E-state index contributed by atoms with van der Waals surface area (Å²) in [6.45, 7) is 5.55. The summed E-state index contributed by atoms with van der Waals surface area (Å²) in [5.74, 6) is -4.85. The molecule has 35 heavy (non-hydrogen) atoms. The van der Waals surface area contributed by atoms with Gasteiger partial charge in [0.25, 0.3) is 11.5 Å². The molecular formula is C24H31F2N5O4. The Balaban J connectivity index is 1.63. The highest BCUT2D eigenvalue weighted by molar-refractivity contribution is 5.97. The fraction of sp³-hybridized carbons (Fsp3) is 0.583. The Morgan fingerprint density at radius 2 is 1.91 bits per heavy atom. The molecule has 2 aromatic rings. The number of carbonyl (C=O) groups excluding carboxylic acids is 2. The summed E-state index contributed by atoms with van der Waals surface area (Å²) in [5, 5.41) is 17.8. The molecule has 2 amide bonds. The fourth-order valence-corrected chi connectivity index (χ4v) is 4.42. The van der Waals surface area contributed by atoms with Gasteiger partial charge in [0, 0.05) is 43.2 Å². The Labute approximate surface area is 201 Å². The van der Waals surface area contributed by atoms with Gasteiger partial charge in [-0.25, -0.2) is 8.78 Å². The molecule has 0 spiro atoms. The van der Waals surface area contributed by atoms with Crippen LogP contribution < -0.4 is 10.9 Å². The van der Waals surface area contributed by atoms with Crippen molar-refractivity contribution in [1.82, 2.24) is 24.4 Å². The molecule has 11 heteroatoms. The highest BCUT2D eigenvalue weighted by Gasteiger charge is 2.37. The van der Waals surface area contributed by atoms with Crippen LogP contribution in [0.1, 0.15) is 62.4 Å². The Morgan fingerprint density at radius 3 is 2.49 bits per heavy atom. The van der Waals surface area contributed by atoms with Gasteiger partial charge in [0.1, 0.15) is 5.65 Å². The average molecular weight is 492 g/mol. The van der Waals surface area contributed by atoms with Crippen LogP contribution in [0, 0.1) is 11.8 Å². The number of alkyl halides is 2. The molecule has 0 aromatic carbocycles. The zero-order chi connectivity index (χ0) is 25.5. The van der Waals surface area contributed by atoms with Crippen LogP contribution in [0.2, 0.25) is 0 Å². The van der Waals surface area contributed by atoms with Crippen LogP contribution in [0.5, 0.6) is 5.88 Å². The predicted octanol–water partition coefficient (Wildman–Crippen LogP) is 2.66. The van der Waals surface area contributed by atoms with E-state index in [1.165, 1.54) is 27.8 Å². The average Bonchev–Trinajstić information content (AvgIpc) is 3.49. The van der Waals surface area contributed by atoms with E-state index in [0.29, 0.717) is 12.1 Å². The van der Waals surface area contributed by atoms with Crippen molar-refractivity contribution in [2.24, 2.45) is 11.8 Å². The Kier molecular flexibility index (Phi) is 6.70. The molecular weight excluding hydrogens is 460 g/mol. The molecule has 0 unspecified atom stereocenters. The first-order chi connectivity index (χ1) is 16.5. The minimum Gasteiger partial charge on any atom is -0.494 e. The fourth-order valence-electron chi connectivity index (χ4n) is 4.42. The first-order valence-corrected chi connectivity index (χ1v) is 12.0. The van der Waals surface area contributed by atoms with Crippen LogP contribution in [-0.2, 0) is 11.3 Å². The van der Waals surface area contributed by atoms with Crippen molar-refractivity contribution < 1.29 is 23.5 Å². The van der Waals surface area contributed by atoms with Crippen LogP contribution in [0.4, 0.5) is 8.78 Å². The van der Waals surface area contributed by atoms with Crippen molar-refractivity contribution in [2.75, 3.05) is 13.1 Å². The SMILES string of the molecule is CC(C)Cn1c(O)c(C(=O)NC2CC2)c(=O)n2ncc(/C=C/C(=O)N3CCC(C(C)(F)F)CC3)c12. The number of hydrogen-bond acceptors (Lipinski definition) is 5. The predicted molar refractivity (Wildman–Crippen MR) is 125 cm³/mol. The van der Waals surface area contributed by atoms with Crippen LogP contribution in [-0.4, -0.2) is 61.1 Å². The second-order valence-electron chi connectivity index (χ2n) is 9.98. The molecule has 2 fully saturated rings. The second-order valence-corrected chi connectivity index (χ2v) is 9.98. The molecule has 1 aliphatic heterocycles. The van der Waals surface area contributed by atoms with Gasteiger partial charge < -0.3 is 15.3 Å². The van der Waals surface area contributed by atoms with Crippen molar-refractivity contribution in [3.05, 3.63) is 33.8 Å². The monoisotopic (exact) mass is 491 g/mol. The standard InChI is InChI=1S/C24H31F2N5O4/c1-14(2)13-30-21-15(4-7-18(32)29-10-8-16(9-11-29)24(3,25)26)12-27-31(21)23(35)19(22(30)34)20(33)28-17-5-6-17/h4,7,12,14,16-17,34H,5-6,8-11,13H2,1-3H3,(H,28,33)/b7-4+. The number of nitrogens with one attached hydrogen (secondary N) is 1. The number of rotatable bonds is 7. The van der Waals surface area contributed by atoms with Gasteiger partial charge in [-0.05, 0) is 44.6 Å². The van der Waals surface area contributed by atoms with Crippen molar-refractivity contribution in [3.63, 3.8) is 0 Å². The van der Waals surface area contributed by atoms with E-state index in [1.54, 1.807) is 0 Å². The second kappa shape index (κ2) is 9.43. The van der Waals surface area contributed by atoms with E-state index in [-0.39, 0.29) is 55.0 Å². The zero-order valence-corrected chi connectivity index (χ0v) is 20.1. The third-order valence-electron chi connectivity index (χ3n) is 6.53. The van der Waals surface area contributed by atoms with Crippen molar-refractivity contribution in [3.8, 4) is 5.88 Å². The number of fused-ring (bicyclic) bond motifs is 1. The molecule has 190 valence electrons. The maximum atomic E-state index is 13.6. The normalized spacial score (nSPS) is 17.6. The molecule has 1 saturated carbocycles. The first kappa shape index (κ1) is 24.9. The lowest BCUT2D eigenvalue weighted by Gasteiger charge is -2.34. The number of halogens is 2. The quantitative estimate of drug-likeness (QED) is 0.579. The summed E-state index contributed by atoms with van der Waals surface area (Å²) in [7, 11) is 0. The lowest BCUT2D eigenvalue weighted by atomic mass is 9.91. The van der Waals surface area contributed by atoms with Crippen molar-refractivity contribution in [1.29, 1.82) is 0 Å². The van der Waals surface area contributed by atoms with Gasteiger partial charge in [-0.15, -0.1) is 0 Å². The minimum atomic E-state index is -2.77. The van der Waals surface area contributed by atoms with Gasteiger partial charge in [0.05, 0.1) is 6.20 Å². The number of nitrogens with zero attached hydrogens (tertiary/aromatic N) is 4. The lowest BCUT2D eigenvalue weighted by molar-refractivity contribution is -0.130. The number of piperidine rings is 1. The van der Waals surface area contributed by atoms with E-state index in [4.69, 9.17) is 0 Å². The maximum absolute atomic E-state index is 13.6. The highest BCUT2D eigenvalue weighted by Crippen LogP contribution is 2.32. The van der Waals surface area contributed by atoms with E-state index in [1.807, 2.05) is 13.8 Å². The topological polar surface area (TPSA) is 109 Å². The summed E-state index contributed by atoms with van der Waals surface area (Å²) >= 11 is 0. The molecule has 1 aliphatic carbocycles. The molecule has 4 rings (SSSR count). The van der Waals surface area contributed by atoms with Crippen molar-refractivity contribution in [2.45, 2.75) is 65.0 Å². The number of likely N-dealkylation sites (tertiary alicyclic amines) is 1. The molecule has 9 nitrogen and oxygen atoms in total. The van der Waals surface area contributed by atoms with Gasteiger partial charge in [-0.2, -0.15) is 9.61 Å². The molecule has 2 aromatic heterocycles. The van der Waals surface area contributed by atoms with Gasteiger partial charge in [-0.1, -0.05) is 13.8 Å². The van der Waals surface area contributed by atoms with Crippen LogP contribution in [0.15, 0.2) is 17.1 Å². The molecule has 3 heterocycles. The summed E-state index contributed by atoms with van der Waals surface area (Å²) in [6, 6.07) is 0.00583. The molecule has 2 N–H and O–H groups in total. The lowest BCUT2D eigenvalue weighted by Crippen LogP contribution is -2.41. The van der Waals surface area contributed by atoms with Gasteiger partial charge in [0.2, 0.25) is 17.7 Å². The summed E-state index contributed by atoms with van der Waals surface area (Å²) in [6.07, 6.45) is 6.32. The van der Waals surface area contributed by atoms with Gasteiger partial charge >= 0.3 is 0 Å². The highest BCUT2D eigenvalue weighted by atomic mass is 19.3. The largest absolute Gasteiger partial charge is 0.494 e. The molecule has 2 aliphatic rings. The minimum absolute atomic E-state index is 0.00583. The van der Waals surface area contributed by atoms with E-state index < -0.39 is 29.2 Å². The molecule has 1 saturated heterocycles. The van der Waals surface area contributed by atoms with Crippen LogP contribution in [0.3, 0.4) is 0 Å². The molecule has 0 radical (unpaired) electrons. The Morgan fingerprint density at radius 1 is 1.26 bits per heavy atom. The summed E-state index contributed by atoms with van der Waals surface area (Å²) in [5.41, 5.74) is -0.437.